The molecule has 6 atom stereocenters. The van der Waals surface area contributed by atoms with Gasteiger partial charge in [-0.05, 0) is 0 Å². The molecule has 1 aliphatic heterocycles. The number of hydrogen-bond donors (Lipinski definition) is 1. The molecule has 0 aromatic heterocycles. The van der Waals surface area contributed by atoms with Crippen molar-refractivity contribution in [2.45, 2.75) is 57.6 Å². The van der Waals surface area contributed by atoms with Gasteiger partial charge in [-0.15, -0.1) is 0 Å². The van der Waals surface area contributed by atoms with E-state index in [0.29, 0.717) is 0 Å². The van der Waals surface area contributed by atoms with Crippen LogP contribution in [0.5, 0.6) is 0 Å². The summed E-state index contributed by atoms with van der Waals surface area (Å²) < 4.78 is 31.1. The summed E-state index contributed by atoms with van der Waals surface area (Å²) in [6.45, 7) is 3.25. The molecule has 0 saturated carbocycles. The molecule has 0 aromatic rings. The Kier molecular flexibility index (Phi) is 8.23. The van der Waals surface area contributed by atoms with Crippen molar-refractivity contribution in [2.24, 2.45) is 0 Å². The van der Waals surface area contributed by atoms with Gasteiger partial charge < -0.3 is 33.5 Å². The Balaban J connectivity index is 3.06. The van der Waals surface area contributed by atoms with Crippen LogP contribution in [0.1, 0.15) is 20.8 Å². The van der Waals surface area contributed by atoms with E-state index in [0.717, 1.165) is 0 Å². The van der Waals surface area contributed by atoms with Crippen LogP contribution in [0, 0.1) is 0 Å². The highest BCUT2D eigenvalue weighted by Gasteiger charge is 2.51. The van der Waals surface area contributed by atoms with Crippen molar-refractivity contribution in [1.82, 2.24) is 0 Å². The second kappa shape index (κ2) is 9.66. The van der Waals surface area contributed by atoms with Crippen molar-refractivity contribution in [3.05, 3.63) is 0 Å². The third-order valence-corrected chi connectivity index (χ3v) is 3.53. The number of rotatable bonds is 7. The molecular weight excluding hydrogens is 340 g/mol. The van der Waals surface area contributed by atoms with Crippen molar-refractivity contribution in [3.8, 4) is 0 Å². The van der Waals surface area contributed by atoms with E-state index in [-0.39, 0.29) is 6.61 Å². The first-order valence-electron chi connectivity index (χ1n) is 7.58. The second-order valence-electron chi connectivity index (χ2n) is 5.42. The smallest absolute Gasteiger partial charge is 0.303 e. The summed E-state index contributed by atoms with van der Waals surface area (Å²) in [4.78, 5) is 33.7. The van der Waals surface area contributed by atoms with E-state index < -0.39 is 54.7 Å². The summed E-state index contributed by atoms with van der Waals surface area (Å²) in [5.74, 6) is -1.86. The molecule has 0 aromatic carbocycles. The standard InChI is InChI=1S/C15H24O10/c1-7(16)22-6-10(23-8(2)17)11-12(20-4)13(21-5)14(15(19)25-11)24-9(3)18/h10-15,19H,6H2,1-5H3/t10-,11-,12-,13+,14-,15-/m1/s1. The van der Waals surface area contributed by atoms with E-state index in [1.807, 2.05) is 0 Å². The second-order valence-corrected chi connectivity index (χ2v) is 5.42. The fourth-order valence-corrected chi connectivity index (χ4v) is 2.61. The number of carbonyl (C=O) groups is 3. The van der Waals surface area contributed by atoms with Crippen LogP contribution in [0.15, 0.2) is 0 Å². The molecule has 1 saturated heterocycles. The number of aliphatic hydroxyl groups excluding tert-OH is 1. The van der Waals surface area contributed by atoms with Gasteiger partial charge in [-0.2, -0.15) is 0 Å². The normalized spacial score (nSPS) is 30.2. The molecule has 1 N–H and O–H groups in total. The van der Waals surface area contributed by atoms with Gasteiger partial charge in [0.2, 0.25) is 0 Å². The minimum Gasteiger partial charge on any atom is -0.462 e. The molecule has 10 nitrogen and oxygen atoms in total. The van der Waals surface area contributed by atoms with Crippen molar-refractivity contribution >= 4 is 17.9 Å². The third kappa shape index (κ3) is 5.92. The summed E-state index contributed by atoms with van der Waals surface area (Å²) in [6, 6.07) is 0. The van der Waals surface area contributed by atoms with Crippen LogP contribution >= 0.6 is 0 Å². The zero-order valence-electron chi connectivity index (χ0n) is 14.8. The number of esters is 3. The Morgan fingerprint density at radius 3 is 2.00 bits per heavy atom. The third-order valence-electron chi connectivity index (χ3n) is 3.53. The van der Waals surface area contributed by atoms with Gasteiger partial charge in [-0.3, -0.25) is 14.4 Å². The average Bonchev–Trinajstić information content (AvgIpc) is 2.51. The van der Waals surface area contributed by atoms with Gasteiger partial charge in [-0.1, -0.05) is 0 Å². The minimum atomic E-state index is -1.55. The SMILES string of the molecule is CO[C@H]1[C@H](OC)[C@@H]([C@@H](COC(C)=O)OC(C)=O)O[C@@H](O)[C@@H]1OC(C)=O. The minimum absolute atomic E-state index is 0.305. The predicted octanol–water partition coefficient (Wildman–Crippen LogP) is -0.840. The van der Waals surface area contributed by atoms with E-state index >= 15 is 0 Å². The first-order chi connectivity index (χ1) is 11.7. The van der Waals surface area contributed by atoms with Crippen LogP contribution in [0.3, 0.4) is 0 Å². The summed E-state index contributed by atoms with van der Waals surface area (Å²) in [6.07, 6.45) is -6.57. The van der Waals surface area contributed by atoms with Crippen LogP contribution in [-0.2, 0) is 42.8 Å². The summed E-state index contributed by atoms with van der Waals surface area (Å²) >= 11 is 0. The van der Waals surface area contributed by atoms with Crippen LogP contribution in [0.4, 0.5) is 0 Å². The van der Waals surface area contributed by atoms with Crippen molar-refractivity contribution in [1.29, 1.82) is 0 Å². The first kappa shape index (κ1) is 21.3. The first-order valence-corrected chi connectivity index (χ1v) is 7.58. The molecule has 144 valence electrons. The molecule has 0 unspecified atom stereocenters. The zero-order chi connectivity index (χ0) is 19.1. The highest BCUT2D eigenvalue weighted by molar-refractivity contribution is 5.67. The highest BCUT2D eigenvalue weighted by Crippen LogP contribution is 2.29. The molecular formula is C15H24O10. The van der Waals surface area contributed by atoms with Gasteiger partial charge in [0.15, 0.2) is 18.5 Å². The lowest BCUT2D eigenvalue weighted by molar-refractivity contribution is -0.309. The summed E-state index contributed by atoms with van der Waals surface area (Å²) in [5, 5.41) is 10.2. The van der Waals surface area contributed by atoms with E-state index in [4.69, 9.17) is 28.4 Å². The highest BCUT2D eigenvalue weighted by atomic mass is 16.7. The quantitative estimate of drug-likeness (QED) is 0.451. The van der Waals surface area contributed by atoms with E-state index in [2.05, 4.69) is 0 Å². The fraction of sp³-hybridized carbons (Fsp3) is 0.800. The molecule has 1 heterocycles. The molecule has 10 heteroatoms. The Labute approximate surface area is 145 Å². The maximum absolute atomic E-state index is 11.4. The van der Waals surface area contributed by atoms with Crippen LogP contribution < -0.4 is 0 Å². The molecule has 1 aliphatic rings. The van der Waals surface area contributed by atoms with Crippen molar-refractivity contribution < 1.29 is 47.9 Å². The van der Waals surface area contributed by atoms with Gasteiger partial charge in [-0.25, -0.2) is 0 Å². The number of hydrogen-bond acceptors (Lipinski definition) is 10. The van der Waals surface area contributed by atoms with Crippen molar-refractivity contribution in [2.75, 3.05) is 20.8 Å². The number of methoxy groups -OCH3 is 2. The Morgan fingerprint density at radius 1 is 0.960 bits per heavy atom. The molecule has 0 spiro atoms. The van der Waals surface area contributed by atoms with E-state index in [9.17, 15) is 19.5 Å². The Morgan fingerprint density at radius 2 is 1.56 bits per heavy atom. The number of carbonyl (C=O) groups excluding carboxylic acids is 3. The maximum Gasteiger partial charge on any atom is 0.303 e. The van der Waals surface area contributed by atoms with Crippen LogP contribution in [0.25, 0.3) is 0 Å². The van der Waals surface area contributed by atoms with Gasteiger partial charge >= 0.3 is 17.9 Å². The molecule has 0 amide bonds. The molecule has 0 aliphatic carbocycles. The van der Waals surface area contributed by atoms with Gasteiger partial charge in [0.25, 0.3) is 0 Å². The lowest BCUT2D eigenvalue weighted by Gasteiger charge is -2.44. The monoisotopic (exact) mass is 364 g/mol. The number of ether oxygens (including phenoxy) is 6. The van der Waals surface area contributed by atoms with Gasteiger partial charge in [0, 0.05) is 35.0 Å². The molecule has 0 radical (unpaired) electrons. The van der Waals surface area contributed by atoms with Crippen LogP contribution in [0.2, 0.25) is 0 Å². The Bertz CT molecular complexity index is 479. The largest absolute Gasteiger partial charge is 0.462 e. The Hall–Kier alpha value is -1.75. The number of aliphatic hydroxyl groups is 1. The zero-order valence-corrected chi connectivity index (χ0v) is 14.8. The maximum atomic E-state index is 11.4. The summed E-state index contributed by atoms with van der Waals surface area (Å²) in [7, 11) is 2.70. The van der Waals surface area contributed by atoms with Crippen molar-refractivity contribution in [3.63, 3.8) is 0 Å². The van der Waals surface area contributed by atoms with E-state index in [1.165, 1.54) is 35.0 Å². The van der Waals surface area contributed by atoms with Gasteiger partial charge in [0.1, 0.15) is 24.9 Å². The van der Waals surface area contributed by atoms with Gasteiger partial charge in [0.05, 0.1) is 0 Å². The van der Waals surface area contributed by atoms with E-state index in [1.54, 1.807) is 0 Å². The topological polar surface area (TPSA) is 127 Å². The molecule has 1 fully saturated rings. The molecule has 0 bridgehead atoms. The lowest BCUT2D eigenvalue weighted by atomic mass is 9.94. The van der Waals surface area contributed by atoms with Crippen LogP contribution in [-0.4, -0.2) is 80.7 Å². The molecule has 1 rings (SSSR count). The average molecular weight is 364 g/mol. The lowest BCUT2D eigenvalue weighted by Crippen LogP contribution is -2.63. The molecule has 25 heavy (non-hydrogen) atoms. The summed E-state index contributed by atoms with van der Waals surface area (Å²) in [5.41, 5.74) is 0. The fourth-order valence-electron chi connectivity index (χ4n) is 2.61. The predicted molar refractivity (Wildman–Crippen MR) is 80.2 cm³/mol.